The molecule has 0 radical (unpaired) electrons. The molecule has 3 aliphatic rings. The summed E-state index contributed by atoms with van der Waals surface area (Å²) in [6.45, 7) is 19.6. The second-order valence-electron chi connectivity index (χ2n) is 29.8. The molecule has 0 saturated carbocycles. The van der Waals surface area contributed by atoms with Crippen molar-refractivity contribution < 1.29 is 77.6 Å². The lowest BCUT2D eigenvalue weighted by Gasteiger charge is -2.35. The van der Waals surface area contributed by atoms with Gasteiger partial charge in [0.05, 0.1) is 34.4 Å². The molecule has 3 saturated heterocycles. The lowest BCUT2D eigenvalue weighted by Crippen LogP contribution is -2.45. The van der Waals surface area contributed by atoms with Crippen LogP contribution in [0.3, 0.4) is 0 Å². The van der Waals surface area contributed by atoms with Gasteiger partial charge in [0, 0.05) is 205 Å². The van der Waals surface area contributed by atoms with Crippen LogP contribution < -0.4 is 50.2 Å². The number of alkyl halides is 3. The average Bonchev–Trinajstić information content (AvgIpc) is 1.75. The Kier molecular flexibility index (Phi) is 26.8. The molecule has 28 nitrogen and oxygen atoms in total. The van der Waals surface area contributed by atoms with Crippen molar-refractivity contribution in [3.8, 4) is 34.9 Å². The number of nitrogens with zero attached hydrogens (tertiary/aromatic N) is 14. The minimum absolute atomic E-state index is 0.00416. The number of aromatic amines is 3. The SMILES string of the molecule is CCN(C)C(=O)c1c(Nc2ccc(N3CCN(C)CC3)c(C(F)(F)F)c2)ncnc1Oc1cc(F)c2[nH]c(C)cc2c1F.CCN(C)C(=O)c1c(Nc2ccc(N3CCN(C)CC3)cc2CO)ncnc1Oc1cc(F)c2[nH]c(C)cc2c1F.CCN(C)C(=O)c1c(Nc2ccc(N3CCNCC3)c(F)c2)ncnc1Oc1cc(F)c2[nH]c(C)cc2c1F. The topological polar surface area (TPSA) is 298 Å². The van der Waals surface area contributed by atoms with Gasteiger partial charge >= 0.3 is 6.18 Å². The number of anilines is 9. The highest BCUT2D eigenvalue weighted by Crippen LogP contribution is 2.43. The molecule has 3 amide bonds. The van der Waals surface area contributed by atoms with Crippen molar-refractivity contribution in [1.82, 2.24) is 74.7 Å². The van der Waals surface area contributed by atoms with E-state index in [0.717, 1.165) is 81.9 Å². The number of aryl methyl sites for hydroxylation is 3. The minimum Gasteiger partial charge on any atom is -0.435 e. The van der Waals surface area contributed by atoms with Crippen LogP contribution in [0, 0.1) is 61.5 Å². The van der Waals surface area contributed by atoms with Crippen LogP contribution in [0.25, 0.3) is 32.7 Å². The Morgan fingerprint density at radius 3 is 1.21 bits per heavy atom. The van der Waals surface area contributed by atoms with Crippen molar-refractivity contribution in [2.75, 3.05) is 164 Å². The number of halogens is 10. The summed E-state index contributed by atoms with van der Waals surface area (Å²) in [7, 11) is 8.66. The molecule has 0 spiro atoms. The molecule has 9 heterocycles. The number of amides is 3. The third-order valence-electron chi connectivity index (χ3n) is 21.3. The molecule has 3 fully saturated rings. The summed E-state index contributed by atoms with van der Waals surface area (Å²) in [5.41, 5.74) is 3.36. The summed E-state index contributed by atoms with van der Waals surface area (Å²) in [6, 6.07) is 21.1. The Balaban J connectivity index is 0.000000159. The highest BCUT2D eigenvalue weighted by Gasteiger charge is 2.37. The lowest BCUT2D eigenvalue weighted by molar-refractivity contribution is -0.137. The number of aromatic nitrogens is 9. The number of aliphatic hydroxyl groups excluding tert-OH is 1. The van der Waals surface area contributed by atoms with Gasteiger partial charge in [0.15, 0.2) is 69.6 Å². The van der Waals surface area contributed by atoms with Crippen LogP contribution in [0.4, 0.5) is 95.5 Å². The molecule has 8 N–H and O–H groups in total. The van der Waals surface area contributed by atoms with Gasteiger partial charge in [0.2, 0.25) is 17.6 Å². The summed E-state index contributed by atoms with van der Waals surface area (Å²) in [5, 5.41) is 22.3. The Bertz CT molecular complexity index is 5910. The molecule has 0 aliphatic carbocycles. The zero-order chi connectivity index (χ0) is 88.0. The van der Waals surface area contributed by atoms with Crippen LogP contribution in [0.1, 0.15) is 80.1 Å². The van der Waals surface area contributed by atoms with Crippen LogP contribution in [0.5, 0.6) is 34.9 Å². The molecule has 6 aromatic heterocycles. The number of H-pyrrole nitrogens is 3. The van der Waals surface area contributed by atoms with Crippen molar-refractivity contribution in [2.24, 2.45) is 0 Å². The number of rotatable bonds is 22. The number of ether oxygens (including phenoxy) is 3. The zero-order valence-corrected chi connectivity index (χ0v) is 69.1. The van der Waals surface area contributed by atoms with Gasteiger partial charge in [-0.25, -0.2) is 60.6 Å². The third kappa shape index (κ3) is 19.3. The number of nitrogens with one attached hydrogen (secondary N) is 7. The number of aliphatic hydroxyl groups is 1. The molecule has 15 rings (SSSR count). The fourth-order valence-corrected chi connectivity index (χ4v) is 14.1. The first kappa shape index (κ1) is 87.7. The summed E-state index contributed by atoms with van der Waals surface area (Å²) >= 11 is 0. The molecule has 3 aliphatic heterocycles. The molecule has 648 valence electrons. The van der Waals surface area contributed by atoms with E-state index in [1.165, 1.54) is 64.5 Å². The Morgan fingerprint density at radius 1 is 0.455 bits per heavy atom. The van der Waals surface area contributed by atoms with Crippen molar-refractivity contribution in [3.63, 3.8) is 0 Å². The van der Waals surface area contributed by atoms with Gasteiger partial charge in [-0.3, -0.25) is 14.4 Å². The standard InChI is InChI=1S/C29H30F5N7O2.C29H33F2N7O3.C27H28F3N7O2/c1-5-40(4)28(42)23-26(35-15-36-27(23)43-22-14-20(30)25-18(24(22)31)12-16(2)37-25)38-17-6-7-21(19(13-17)29(32,33)34)41-10-8-39(3)9-11-41;1-5-37(4)29(40)24-27(35-22-7-6-19(13-18(22)15-39)38-10-8-36(3)9-11-38)32-16-33-28(24)41-23-14-21(30)26-20(25(23)31)12-17(2)34-26;1-4-36(3)27(38)22-25(35-16-5-6-20(18(28)12-16)37-9-7-31-8-10-37)32-14-33-26(22)39-21-13-19(29)24-17(23(21)30)11-15(2)34-24/h6-7,12-15,37H,5,8-11H2,1-4H3,(H,35,36,38);6-7,12-14,16,34,39H,5,8-11,15H2,1-4H3,(H,32,33,35);5-6,11-14,31,34H,4,7-10H2,1-3H3,(H,32,33,35). The highest BCUT2D eigenvalue weighted by molar-refractivity contribution is 6.03. The monoisotopic (exact) mass is 1710 g/mol. The van der Waals surface area contributed by atoms with E-state index in [1.807, 2.05) is 35.0 Å². The molecule has 12 aromatic rings. The van der Waals surface area contributed by atoms with Gasteiger partial charge in [-0.05, 0) is 128 Å². The van der Waals surface area contributed by atoms with E-state index in [2.05, 4.69) is 83.0 Å². The molecule has 6 aromatic carbocycles. The molecular formula is C85H91F10N21O7. The molecular weight excluding hydrogens is 1620 g/mol. The first-order valence-electron chi connectivity index (χ1n) is 39.5. The van der Waals surface area contributed by atoms with E-state index < -0.39 is 93.3 Å². The molecule has 0 bridgehead atoms. The largest absolute Gasteiger partial charge is 0.435 e. The minimum atomic E-state index is -4.66. The number of fused-ring (bicyclic) bond motifs is 3. The summed E-state index contributed by atoms with van der Waals surface area (Å²) < 4.78 is 165. The van der Waals surface area contributed by atoms with E-state index in [1.54, 1.807) is 72.7 Å². The van der Waals surface area contributed by atoms with Gasteiger partial charge in [-0.2, -0.15) is 13.2 Å². The van der Waals surface area contributed by atoms with Crippen molar-refractivity contribution in [2.45, 2.75) is 54.3 Å². The lowest BCUT2D eigenvalue weighted by atomic mass is 10.1. The number of likely N-dealkylation sites (N-methyl/N-ethyl adjacent to an activating group) is 2. The quantitative estimate of drug-likeness (QED) is 0.0292. The Hall–Kier alpha value is -13.1. The maximum atomic E-state index is 15.4. The number of hydrogen-bond acceptors (Lipinski definition) is 22. The van der Waals surface area contributed by atoms with Crippen molar-refractivity contribution >= 4 is 102 Å². The van der Waals surface area contributed by atoms with E-state index >= 15 is 17.6 Å². The highest BCUT2D eigenvalue weighted by atomic mass is 19.4. The second kappa shape index (κ2) is 37.5. The predicted octanol–water partition coefficient (Wildman–Crippen LogP) is 15.1. The van der Waals surface area contributed by atoms with Crippen LogP contribution in [-0.2, 0) is 12.8 Å². The van der Waals surface area contributed by atoms with Crippen molar-refractivity contribution in [1.29, 1.82) is 0 Å². The summed E-state index contributed by atoms with van der Waals surface area (Å²) in [6.07, 6.45) is -1.35. The van der Waals surface area contributed by atoms with Gasteiger partial charge in [0.25, 0.3) is 17.7 Å². The van der Waals surface area contributed by atoms with E-state index in [0.29, 0.717) is 92.1 Å². The van der Waals surface area contributed by atoms with Gasteiger partial charge in [0.1, 0.15) is 41.5 Å². The van der Waals surface area contributed by atoms with Crippen LogP contribution in [0.2, 0.25) is 0 Å². The van der Waals surface area contributed by atoms with Crippen LogP contribution in [0.15, 0.2) is 110 Å². The van der Waals surface area contributed by atoms with Gasteiger partial charge in [-0.1, -0.05) is 0 Å². The summed E-state index contributed by atoms with van der Waals surface area (Å²) in [5.74, 6) is -9.13. The van der Waals surface area contributed by atoms with Crippen LogP contribution >= 0.6 is 0 Å². The third-order valence-corrected chi connectivity index (χ3v) is 21.3. The van der Waals surface area contributed by atoms with E-state index in [-0.39, 0.29) is 103 Å². The number of carbonyl (C=O) groups is 3. The van der Waals surface area contributed by atoms with Crippen LogP contribution in [-0.4, -0.2) is 226 Å². The number of hydrogen-bond donors (Lipinski definition) is 8. The second-order valence-corrected chi connectivity index (χ2v) is 29.8. The molecule has 0 atom stereocenters. The maximum absolute atomic E-state index is 15.4. The first-order chi connectivity index (χ1) is 58.8. The Morgan fingerprint density at radius 2 is 0.829 bits per heavy atom. The summed E-state index contributed by atoms with van der Waals surface area (Å²) in [4.78, 5) is 87.6. The van der Waals surface area contributed by atoms with E-state index in [9.17, 15) is 45.8 Å². The number of benzene rings is 6. The predicted molar refractivity (Wildman–Crippen MR) is 448 cm³/mol. The van der Waals surface area contributed by atoms with Gasteiger partial charge in [-0.15, -0.1) is 0 Å². The van der Waals surface area contributed by atoms with Crippen molar-refractivity contribution in [3.05, 3.63) is 196 Å². The molecule has 123 heavy (non-hydrogen) atoms. The van der Waals surface area contributed by atoms with E-state index in [4.69, 9.17) is 14.2 Å². The number of piperazine rings is 3. The molecule has 0 unspecified atom stereocenters. The maximum Gasteiger partial charge on any atom is 0.418 e. The fraction of sp³-hybridized carbons (Fsp3) is 0.329. The average molecular weight is 1710 g/mol. The normalized spacial score (nSPS) is 14.0. The zero-order valence-electron chi connectivity index (χ0n) is 69.1. The fourth-order valence-electron chi connectivity index (χ4n) is 14.1. The van der Waals surface area contributed by atoms with Gasteiger partial charge < -0.3 is 94.7 Å². The smallest absolute Gasteiger partial charge is 0.418 e. The molecule has 38 heteroatoms. The first-order valence-corrected chi connectivity index (χ1v) is 39.5. The Labute approximate surface area is 700 Å². The number of carbonyl (C=O) groups excluding carboxylic acids is 3.